The van der Waals surface area contributed by atoms with Gasteiger partial charge < -0.3 is 14.8 Å². The van der Waals surface area contributed by atoms with Crippen molar-refractivity contribution in [3.8, 4) is 5.69 Å². The molecular weight excluding hydrogens is 274 g/mol. The van der Waals surface area contributed by atoms with Crippen LogP contribution in [0.25, 0.3) is 5.69 Å². The largest absolute Gasteiger partial charge is 0.357 e. The van der Waals surface area contributed by atoms with Crippen molar-refractivity contribution in [2.24, 2.45) is 4.99 Å². The maximum Gasteiger partial charge on any atom is 0.194 e. The van der Waals surface area contributed by atoms with Gasteiger partial charge in [-0.2, -0.15) is 0 Å². The van der Waals surface area contributed by atoms with Crippen molar-refractivity contribution >= 4 is 5.96 Å². The Kier molecular flexibility index (Phi) is 4.73. The summed E-state index contributed by atoms with van der Waals surface area (Å²) in [6.45, 7) is 5.90. The summed E-state index contributed by atoms with van der Waals surface area (Å²) in [5.41, 5.74) is 2.34. The summed E-state index contributed by atoms with van der Waals surface area (Å²) >= 11 is 0. The van der Waals surface area contributed by atoms with Gasteiger partial charge in [-0.05, 0) is 31.4 Å². The van der Waals surface area contributed by atoms with Crippen LogP contribution in [0.1, 0.15) is 25.3 Å². The van der Waals surface area contributed by atoms with Gasteiger partial charge in [-0.1, -0.05) is 18.2 Å². The molecule has 0 spiro atoms. The van der Waals surface area contributed by atoms with Crippen LogP contribution in [0.2, 0.25) is 0 Å². The highest BCUT2D eigenvalue weighted by Crippen LogP contribution is 2.16. The summed E-state index contributed by atoms with van der Waals surface area (Å²) < 4.78 is 2.04. The maximum absolute atomic E-state index is 4.83. The summed E-state index contributed by atoms with van der Waals surface area (Å²) in [5.74, 6) is 1.03. The second-order valence-electron chi connectivity index (χ2n) is 5.46. The third kappa shape index (κ3) is 3.30. The van der Waals surface area contributed by atoms with Crippen LogP contribution in [0.15, 0.2) is 48.0 Å². The monoisotopic (exact) mass is 297 g/mol. The van der Waals surface area contributed by atoms with E-state index in [-0.39, 0.29) is 0 Å². The molecule has 1 aliphatic rings. The Hall–Kier alpha value is -2.30. The van der Waals surface area contributed by atoms with Gasteiger partial charge in [0.1, 0.15) is 0 Å². The Labute approximate surface area is 131 Å². The van der Waals surface area contributed by atoms with Crippen molar-refractivity contribution in [2.45, 2.75) is 26.3 Å². The minimum Gasteiger partial charge on any atom is -0.357 e. The van der Waals surface area contributed by atoms with Gasteiger partial charge in [0.2, 0.25) is 0 Å². The third-order valence-corrected chi connectivity index (χ3v) is 3.91. The molecule has 3 rings (SSSR count). The lowest BCUT2D eigenvalue weighted by Gasteiger charge is -2.21. The molecule has 0 atom stereocenters. The third-order valence-electron chi connectivity index (χ3n) is 3.91. The Morgan fingerprint density at radius 3 is 2.82 bits per heavy atom. The number of aliphatic imine (C=N–C) groups is 1. The molecule has 2 aromatic rings. The Bertz CT molecular complexity index is 612. The fourth-order valence-electron chi connectivity index (χ4n) is 2.81. The minimum atomic E-state index is 0.674. The first-order valence-electron chi connectivity index (χ1n) is 7.98. The van der Waals surface area contributed by atoms with E-state index in [1.807, 2.05) is 23.2 Å². The molecule has 1 N–H and O–H groups in total. The molecule has 116 valence electrons. The first-order chi connectivity index (χ1) is 10.9. The molecule has 1 aliphatic heterocycles. The topological polar surface area (TPSA) is 45.5 Å². The Morgan fingerprint density at radius 1 is 1.27 bits per heavy atom. The number of para-hydroxylation sites is 1. The second-order valence-corrected chi connectivity index (χ2v) is 5.46. The fraction of sp³-hybridized carbons (Fsp3) is 0.412. The molecule has 5 heteroatoms. The van der Waals surface area contributed by atoms with Crippen molar-refractivity contribution in [3.63, 3.8) is 0 Å². The van der Waals surface area contributed by atoms with E-state index in [2.05, 4.69) is 40.3 Å². The van der Waals surface area contributed by atoms with Crippen molar-refractivity contribution in [1.82, 2.24) is 19.8 Å². The highest BCUT2D eigenvalue weighted by atomic mass is 15.3. The van der Waals surface area contributed by atoms with Crippen molar-refractivity contribution in [2.75, 3.05) is 19.6 Å². The summed E-state index contributed by atoms with van der Waals surface area (Å²) in [7, 11) is 0. The first-order valence-corrected chi connectivity index (χ1v) is 7.98. The van der Waals surface area contributed by atoms with E-state index in [0.717, 1.165) is 31.3 Å². The van der Waals surface area contributed by atoms with E-state index >= 15 is 0 Å². The van der Waals surface area contributed by atoms with Crippen molar-refractivity contribution in [1.29, 1.82) is 0 Å². The lowest BCUT2D eigenvalue weighted by atomic mass is 10.2. The van der Waals surface area contributed by atoms with Crippen molar-refractivity contribution in [3.05, 3.63) is 48.5 Å². The maximum atomic E-state index is 4.83. The van der Waals surface area contributed by atoms with Crippen LogP contribution < -0.4 is 5.32 Å². The molecule has 22 heavy (non-hydrogen) atoms. The number of imidazole rings is 1. The lowest BCUT2D eigenvalue weighted by molar-refractivity contribution is 0.493. The molecule has 1 aromatic heterocycles. The second kappa shape index (κ2) is 7.11. The van der Waals surface area contributed by atoms with Gasteiger partial charge in [-0.25, -0.2) is 9.98 Å². The summed E-state index contributed by atoms with van der Waals surface area (Å²) in [6.07, 6.45) is 8.11. The quantitative estimate of drug-likeness (QED) is 0.696. The van der Waals surface area contributed by atoms with Crippen LogP contribution in [0.5, 0.6) is 0 Å². The van der Waals surface area contributed by atoms with E-state index in [0.29, 0.717) is 6.54 Å². The number of likely N-dealkylation sites (tertiary alicyclic amines) is 1. The molecule has 0 unspecified atom stereocenters. The van der Waals surface area contributed by atoms with Gasteiger partial charge in [-0.3, -0.25) is 0 Å². The van der Waals surface area contributed by atoms with Gasteiger partial charge in [0, 0.05) is 32.0 Å². The smallest absolute Gasteiger partial charge is 0.194 e. The zero-order valence-electron chi connectivity index (χ0n) is 13.1. The van der Waals surface area contributed by atoms with E-state index in [1.165, 1.54) is 18.4 Å². The Morgan fingerprint density at radius 2 is 2.09 bits per heavy atom. The highest BCUT2D eigenvalue weighted by Gasteiger charge is 2.15. The molecule has 5 nitrogen and oxygen atoms in total. The number of hydrogen-bond donors (Lipinski definition) is 1. The van der Waals surface area contributed by atoms with Crippen LogP contribution in [-0.4, -0.2) is 40.0 Å². The molecule has 0 bridgehead atoms. The van der Waals surface area contributed by atoms with Gasteiger partial charge in [0.25, 0.3) is 0 Å². The number of guanidine groups is 1. The van der Waals surface area contributed by atoms with Crippen LogP contribution in [0.3, 0.4) is 0 Å². The molecule has 2 heterocycles. The number of hydrogen-bond acceptors (Lipinski definition) is 2. The molecule has 0 amide bonds. The normalized spacial score (nSPS) is 15.3. The van der Waals surface area contributed by atoms with Crippen LogP contribution in [-0.2, 0) is 6.54 Å². The van der Waals surface area contributed by atoms with E-state index in [9.17, 15) is 0 Å². The van der Waals surface area contributed by atoms with Gasteiger partial charge >= 0.3 is 0 Å². The van der Waals surface area contributed by atoms with Gasteiger partial charge in [0.15, 0.2) is 5.96 Å². The molecule has 1 saturated heterocycles. The predicted octanol–water partition coefficient (Wildman–Crippen LogP) is 2.43. The minimum absolute atomic E-state index is 0.674. The number of aromatic nitrogens is 2. The summed E-state index contributed by atoms with van der Waals surface area (Å²) in [5, 5.41) is 3.41. The highest BCUT2D eigenvalue weighted by molar-refractivity contribution is 5.80. The molecule has 0 radical (unpaired) electrons. The van der Waals surface area contributed by atoms with Crippen LogP contribution >= 0.6 is 0 Å². The van der Waals surface area contributed by atoms with Gasteiger partial charge in [0.05, 0.1) is 18.6 Å². The van der Waals surface area contributed by atoms with E-state index in [1.54, 1.807) is 6.20 Å². The van der Waals surface area contributed by atoms with Crippen molar-refractivity contribution < 1.29 is 0 Å². The average molecular weight is 297 g/mol. The molecule has 1 fully saturated rings. The average Bonchev–Trinajstić information content (AvgIpc) is 3.24. The Balaban J connectivity index is 1.81. The van der Waals surface area contributed by atoms with E-state index < -0.39 is 0 Å². The van der Waals surface area contributed by atoms with Crippen LogP contribution in [0, 0.1) is 0 Å². The first kappa shape index (κ1) is 14.6. The molecule has 0 saturated carbocycles. The number of nitrogens with zero attached hydrogens (tertiary/aromatic N) is 4. The van der Waals surface area contributed by atoms with Gasteiger partial charge in [-0.15, -0.1) is 0 Å². The SMILES string of the molecule is CCNC(=NCc1ccccc1-n1ccnc1)N1CCCC1. The molecule has 0 aliphatic carbocycles. The van der Waals surface area contributed by atoms with E-state index in [4.69, 9.17) is 4.99 Å². The summed E-state index contributed by atoms with van der Waals surface area (Å²) in [6, 6.07) is 8.35. The molecular formula is C17H23N5. The zero-order chi connectivity index (χ0) is 15.2. The predicted molar refractivity (Wildman–Crippen MR) is 89.2 cm³/mol. The fourth-order valence-corrected chi connectivity index (χ4v) is 2.81. The number of rotatable bonds is 4. The summed E-state index contributed by atoms with van der Waals surface area (Å²) in [4.78, 5) is 11.3. The zero-order valence-corrected chi connectivity index (χ0v) is 13.1. The number of nitrogens with one attached hydrogen (secondary N) is 1. The lowest BCUT2D eigenvalue weighted by Crippen LogP contribution is -2.39. The van der Waals surface area contributed by atoms with Crippen LogP contribution in [0.4, 0.5) is 0 Å². The molecule has 1 aromatic carbocycles. The standard InChI is InChI=1S/C17H23N5/c1-2-19-17(21-10-5-6-11-21)20-13-15-7-3-4-8-16(15)22-12-9-18-14-22/h3-4,7-9,12,14H,2,5-6,10-11,13H2,1H3,(H,19,20). The number of benzene rings is 1.